The molecule has 3 saturated heterocycles. The minimum Gasteiger partial charge on any atom is -0.356 e. The van der Waals surface area contributed by atoms with Crippen LogP contribution in [0.5, 0.6) is 0 Å². The number of carbonyl (C=O) groups is 2. The number of carbonyl (C=O) groups excluding carboxylic acids is 2. The normalized spacial score (nSPS) is 25.6. The van der Waals surface area contributed by atoms with E-state index in [1.165, 1.54) is 6.08 Å². The number of hydrogen-bond acceptors (Lipinski definition) is 9. The van der Waals surface area contributed by atoms with Crippen LogP contribution in [0.1, 0.15) is 27.3 Å². The second-order valence-corrected chi connectivity index (χ2v) is 15.1. The van der Waals surface area contributed by atoms with E-state index in [9.17, 15) is 23.3 Å². The van der Waals surface area contributed by atoms with Crippen LogP contribution >= 0.6 is 0 Å². The van der Waals surface area contributed by atoms with E-state index >= 15 is 0 Å². The highest BCUT2D eigenvalue weighted by atomic mass is 32.2. The molecule has 47 heavy (non-hydrogen) atoms. The molecule has 4 fully saturated rings. The van der Waals surface area contributed by atoms with Crippen molar-refractivity contribution in [3.8, 4) is 6.07 Å². The zero-order valence-electron chi connectivity index (χ0n) is 26.7. The Balaban J connectivity index is 1.21. The van der Waals surface area contributed by atoms with Crippen molar-refractivity contribution in [1.29, 1.82) is 5.26 Å². The number of aryl methyl sites for hydroxylation is 2. The van der Waals surface area contributed by atoms with Gasteiger partial charge in [-0.2, -0.15) is 22.3 Å². The van der Waals surface area contributed by atoms with Crippen molar-refractivity contribution in [3.05, 3.63) is 83.7 Å². The second kappa shape index (κ2) is 11.7. The summed E-state index contributed by atoms with van der Waals surface area (Å²) in [6, 6.07) is 8.19. The van der Waals surface area contributed by atoms with Gasteiger partial charge in [0.15, 0.2) is 5.78 Å². The number of benzene rings is 1. The predicted octanol–water partition coefficient (Wildman–Crippen LogP) is 0.128. The number of hydrogen-bond donors (Lipinski definition) is 1. The van der Waals surface area contributed by atoms with Gasteiger partial charge in [-0.15, -0.1) is 0 Å². The number of aromatic nitrogens is 4. The third kappa shape index (κ3) is 5.54. The fraction of sp³-hybridized carbons (Fsp3) is 0.469. The summed E-state index contributed by atoms with van der Waals surface area (Å²) in [6.45, 7) is 2.93. The molecule has 3 aromatic rings. The van der Waals surface area contributed by atoms with Gasteiger partial charge in [-0.05, 0) is 31.3 Å². The van der Waals surface area contributed by atoms with Crippen LogP contribution in [-0.4, -0.2) is 116 Å². The van der Waals surface area contributed by atoms with Crippen LogP contribution < -0.4 is 5.32 Å². The molecule has 1 aliphatic carbocycles. The first-order valence-corrected chi connectivity index (χ1v) is 17.1. The molecule has 4 aliphatic rings. The first-order valence-electron chi connectivity index (χ1n) is 15.7. The number of fused-ring (bicyclic) bond motifs is 1. The monoisotopic (exact) mass is 658 g/mol. The van der Waals surface area contributed by atoms with E-state index < -0.39 is 15.7 Å². The van der Waals surface area contributed by atoms with Crippen molar-refractivity contribution in [1.82, 2.24) is 42.8 Å². The van der Waals surface area contributed by atoms with Crippen molar-refractivity contribution in [2.24, 2.45) is 25.9 Å². The smallest absolute Gasteiger partial charge is 0.282 e. The van der Waals surface area contributed by atoms with E-state index in [1.807, 2.05) is 30.3 Å². The number of nitriles is 1. The van der Waals surface area contributed by atoms with Crippen molar-refractivity contribution in [3.63, 3.8) is 0 Å². The Morgan fingerprint density at radius 3 is 2.04 bits per heavy atom. The molecule has 3 aliphatic heterocycles. The lowest BCUT2D eigenvalue weighted by atomic mass is 9.88. The maximum absolute atomic E-state index is 14.9. The van der Waals surface area contributed by atoms with Gasteiger partial charge in [-0.1, -0.05) is 0 Å². The first-order chi connectivity index (χ1) is 22.5. The van der Waals surface area contributed by atoms with Crippen LogP contribution in [-0.2, 0) is 41.9 Å². The summed E-state index contributed by atoms with van der Waals surface area (Å²) in [7, 11) is 2.13. The van der Waals surface area contributed by atoms with Gasteiger partial charge in [0.2, 0.25) is 0 Å². The summed E-state index contributed by atoms with van der Waals surface area (Å²) in [4.78, 5) is 40.8. The van der Waals surface area contributed by atoms with E-state index in [0.29, 0.717) is 69.1 Å². The van der Waals surface area contributed by atoms with Crippen LogP contribution in [0.2, 0.25) is 0 Å². The number of allylic oxidation sites excluding steroid dienone is 1. The summed E-state index contributed by atoms with van der Waals surface area (Å²) in [5.41, 5.74) is 1.36. The Bertz CT molecular complexity index is 1830. The molecule has 15 heteroatoms. The Labute approximate surface area is 274 Å². The lowest BCUT2D eigenvalue weighted by Gasteiger charge is -2.35. The lowest BCUT2D eigenvalue weighted by Crippen LogP contribution is -2.53. The van der Waals surface area contributed by atoms with E-state index in [0.717, 1.165) is 11.4 Å². The van der Waals surface area contributed by atoms with Crippen molar-refractivity contribution < 1.29 is 18.0 Å². The molecule has 5 heterocycles. The molecule has 7 rings (SSSR count). The SMILES string of the molecule is CN1CCN(S(=O)(=O)N2C[C@@H]3[C@H](C2)[C@H]3N2C(=O)C(Cc3cncn3C)(Cc3cncn3C)NC2=CC(=O)c2ccc(C#N)cc2)CC1. The van der Waals surface area contributed by atoms with Gasteiger partial charge in [-0.25, -0.2) is 9.97 Å². The van der Waals surface area contributed by atoms with Gasteiger partial charge < -0.3 is 19.4 Å². The van der Waals surface area contributed by atoms with E-state index in [2.05, 4.69) is 26.3 Å². The Kier molecular flexibility index (Phi) is 7.79. The molecular weight excluding hydrogens is 620 g/mol. The first kappa shape index (κ1) is 31.3. The van der Waals surface area contributed by atoms with Gasteiger partial charge in [0.05, 0.1) is 24.3 Å². The highest BCUT2D eigenvalue weighted by Gasteiger charge is 2.66. The standard InChI is InChI=1S/C32H38N10O4S/c1-37-8-10-40(11-9-37)47(45,46)41-18-26-27(19-41)30(26)42-29(12-28(43)23-6-4-22(15-33)5-7-23)36-32(31(42)44,13-24-16-34-20-38(24)2)14-25-17-35-21-39(25)3/h4-7,12,16-17,20-21,26-27,30,36H,8-11,13-14,18-19H2,1-3H3/t26-,27+,30+. The van der Waals surface area contributed by atoms with Gasteiger partial charge in [0.1, 0.15) is 11.4 Å². The molecule has 0 bridgehead atoms. The number of nitrogens with zero attached hydrogens (tertiary/aromatic N) is 9. The average Bonchev–Trinajstić information content (AvgIpc) is 3.52. The summed E-state index contributed by atoms with van der Waals surface area (Å²) in [6.07, 6.45) is 8.92. The maximum Gasteiger partial charge on any atom is 0.282 e. The fourth-order valence-corrected chi connectivity index (χ4v) is 8.93. The third-order valence-corrected chi connectivity index (χ3v) is 12.1. The number of likely N-dealkylation sites (N-methyl/N-ethyl adjacent to an activating group) is 1. The molecule has 1 aromatic carbocycles. The van der Waals surface area contributed by atoms with E-state index in [-0.39, 0.29) is 29.6 Å². The summed E-state index contributed by atoms with van der Waals surface area (Å²) in [5, 5.41) is 12.7. The Morgan fingerprint density at radius 2 is 1.53 bits per heavy atom. The molecule has 1 N–H and O–H groups in total. The third-order valence-electron chi connectivity index (χ3n) is 10.1. The number of amides is 1. The van der Waals surface area contributed by atoms with E-state index in [4.69, 9.17) is 0 Å². The fourth-order valence-electron chi connectivity index (χ4n) is 7.26. The molecule has 3 atom stereocenters. The minimum absolute atomic E-state index is 0.0550. The number of ketones is 1. The van der Waals surface area contributed by atoms with E-state index in [1.54, 1.807) is 62.8 Å². The molecule has 2 aromatic heterocycles. The number of nitrogens with one attached hydrogen (secondary N) is 1. The molecule has 14 nitrogen and oxygen atoms in total. The van der Waals surface area contributed by atoms with Crippen LogP contribution in [0.4, 0.5) is 0 Å². The van der Waals surface area contributed by atoms with Crippen LogP contribution in [0.3, 0.4) is 0 Å². The molecule has 1 amide bonds. The second-order valence-electron chi connectivity index (χ2n) is 13.2. The van der Waals surface area contributed by atoms with Crippen LogP contribution in [0.15, 0.2) is 61.2 Å². The van der Waals surface area contributed by atoms with Crippen LogP contribution in [0.25, 0.3) is 0 Å². The quantitative estimate of drug-likeness (QED) is 0.250. The molecule has 0 spiro atoms. The minimum atomic E-state index is -3.61. The van der Waals surface area contributed by atoms with Crippen LogP contribution in [0, 0.1) is 23.2 Å². The zero-order valence-corrected chi connectivity index (χ0v) is 27.5. The number of rotatable bonds is 9. The summed E-state index contributed by atoms with van der Waals surface area (Å²) < 4.78 is 33.9. The van der Waals surface area contributed by atoms with Gasteiger partial charge in [0.25, 0.3) is 16.1 Å². The highest BCUT2D eigenvalue weighted by Crippen LogP contribution is 2.53. The zero-order chi connectivity index (χ0) is 33.1. The average molecular weight is 659 g/mol. The molecular formula is C32H38N10O4S. The van der Waals surface area contributed by atoms with Gasteiger partial charge >= 0.3 is 0 Å². The predicted molar refractivity (Wildman–Crippen MR) is 170 cm³/mol. The maximum atomic E-state index is 14.9. The lowest BCUT2D eigenvalue weighted by molar-refractivity contribution is -0.132. The number of imidazole rings is 2. The topological polar surface area (TPSA) is 153 Å². The van der Waals surface area contributed by atoms with Gasteiger partial charge in [0, 0.05) is 120 Å². The van der Waals surface area contributed by atoms with Gasteiger partial charge in [-0.3, -0.25) is 14.5 Å². The number of piperazine rings is 1. The van der Waals surface area contributed by atoms with Crippen molar-refractivity contribution >= 4 is 21.9 Å². The number of piperidine rings is 1. The van der Waals surface area contributed by atoms with Crippen molar-refractivity contribution in [2.45, 2.75) is 24.4 Å². The Morgan fingerprint density at radius 1 is 0.957 bits per heavy atom. The molecule has 246 valence electrons. The molecule has 1 saturated carbocycles. The molecule has 0 radical (unpaired) electrons. The largest absolute Gasteiger partial charge is 0.356 e. The summed E-state index contributed by atoms with van der Waals surface area (Å²) >= 11 is 0. The summed E-state index contributed by atoms with van der Waals surface area (Å²) in [5.74, 6) is -0.203. The molecule has 0 unspecified atom stereocenters. The Hall–Kier alpha value is -4.36. The van der Waals surface area contributed by atoms with Crippen molar-refractivity contribution in [2.75, 3.05) is 46.3 Å². The highest BCUT2D eigenvalue weighted by molar-refractivity contribution is 7.86.